The molecule has 2 heteroatoms. The third kappa shape index (κ3) is 3.03. The summed E-state index contributed by atoms with van der Waals surface area (Å²) < 4.78 is 2.26. The minimum atomic E-state index is 0.956. The summed E-state index contributed by atoms with van der Waals surface area (Å²) >= 11 is 0. The van der Waals surface area contributed by atoms with E-state index in [-0.39, 0.29) is 0 Å². The lowest BCUT2D eigenvalue weighted by molar-refractivity contribution is 1.10. The summed E-state index contributed by atoms with van der Waals surface area (Å²) in [5.74, 6) is 0.956. The molecule has 2 nitrogen and oxygen atoms in total. The number of hydrogen-bond donors (Lipinski definition) is 0. The minimum absolute atomic E-state index is 0.956. The van der Waals surface area contributed by atoms with Crippen LogP contribution in [0.15, 0.2) is 133 Å². The van der Waals surface area contributed by atoms with Gasteiger partial charge in [-0.1, -0.05) is 109 Å². The molecule has 0 saturated heterocycles. The molecular formula is C35H22N2. The Morgan fingerprint density at radius 1 is 0.459 bits per heavy atom. The van der Waals surface area contributed by atoms with Crippen molar-refractivity contribution in [3.63, 3.8) is 0 Å². The number of hydrogen-bond acceptors (Lipinski definition) is 1. The normalized spacial score (nSPS) is 11.8. The topological polar surface area (TPSA) is 17.8 Å². The molecule has 0 aliphatic carbocycles. The first-order valence-corrected chi connectivity index (χ1v) is 12.7. The Labute approximate surface area is 214 Å². The lowest BCUT2D eigenvalue weighted by Crippen LogP contribution is -1.97. The van der Waals surface area contributed by atoms with Gasteiger partial charge in [0.1, 0.15) is 5.82 Å². The van der Waals surface area contributed by atoms with E-state index in [1.807, 2.05) is 12.1 Å². The Balaban J connectivity index is 1.31. The molecule has 0 unspecified atom stereocenters. The Morgan fingerprint density at radius 2 is 1.14 bits per heavy atom. The van der Waals surface area contributed by atoms with E-state index in [1.54, 1.807) is 0 Å². The van der Waals surface area contributed by atoms with Crippen LogP contribution in [0.1, 0.15) is 0 Å². The van der Waals surface area contributed by atoms with Gasteiger partial charge in [-0.3, -0.25) is 4.57 Å². The molecular weight excluding hydrogens is 448 g/mol. The number of fused-ring (bicyclic) bond motifs is 1. The van der Waals surface area contributed by atoms with Crippen LogP contribution in [0.3, 0.4) is 0 Å². The van der Waals surface area contributed by atoms with Crippen LogP contribution in [0.5, 0.6) is 0 Å². The third-order valence-electron chi connectivity index (χ3n) is 7.56. The Bertz CT molecular complexity index is 2050. The molecule has 1 aromatic heterocycles. The molecule has 0 fully saturated rings. The van der Waals surface area contributed by atoms with Gasteiger partial charge < -0.3 is 0 Å². The molecule has 0 atom stereocenters. The Morgan fingerprint density at radius 3 is 1.95 bits per heavy atom. The van der Waals surface area contributed by atoms with Crippen molar-refractivity contribution < 1.29 is 0 Å². The van der Waals surface area contributed by atoms with Crippen LogP contribution >= 0.6 is 0 Å². The predicted octanol–water partition coefficient (Wildman–Crippen LogP) is 9.26. The van der Waals surface area contributed by atoms with Gasteiger partial charge in [-0.2, -0.15) is 0 Å². The second-order valence-electron chi connectivity index (χ2n) is 9.64. The molecule has 37 heavy (non-hydrogen) atoms. The molecule has 0 saturated carbocycles. The van der Waals surface area contributed by atoms with Crippen LogP contribution in [0.4, 0.5) is 0 Å². The minimum Gasteiger partial charge on any atom is -0.292 e. The van der Waals surface area contributed by atoms with E-state index >= 15 is 0 Å². The summed E-state index contributed by atoms with van der Waals surface area (Å²) in [4.78, 5) is 4.99. The standard InChI is InChI=1S/C35H22N2/c1-2-7-27(8-3-1)35-36-31-11-4-5-12-32(31)37(35)28-19-15-23(16-20-28)29-21-17-26-14-13-24-9-6-10-25-18-22-30(29)34(26)33(24)25/h1-22H. The van der Waals surface area contributed by atoms with Gasteiger partial charge in [0.25, 0.3) is 0 Å². The van der Waals surface area contributed by atoms with E-state index < -0.39 is 0 Å². The summed E-state index contributed by atoms with van der Waals surface area (Å²) in [5, 5.41) is 7.88. The van der Waals surface area contributed by atoms with Crippen molar-refractivity contribution in [3.8, 4) is 28.2 Å². The van der Waals surface area contributed by atoms with Crippen molar-refractivity contribution in [2.24, 2.45) is 0 Å². The lowest BCUT2D eigenvalue weighted by Gasteiger charge is -2.15. The monoisotopic (exact) mass is 470 g/mol. The lowest BCUT2D eigenvalue weighted by atomic mass is 9.90. The summed E-state index contributed by atoms with van der Waals surface area (Å²) in [6, 6.07) is 47.8. The van der Waals surface area contributed by atoms with Gasteiger partial charge >= 0.3 is 0 Å². The van der Waals surface area contributed by atoms with Gasteiger partial charge in [0.05, 0.1) is 11.0 Å². The molecule has 0 N–H and O–H groups in total. The Hall–Kier alpha value is -4.95. The van der Waals surface area contributed by atoms with Gasteiger partial charge in [-0.15, -0.1) is 0 Å². The fourth-order valence-corrected chi connectivity index (χ4v) is 5.85. The molecule has 172 valence electrons. The number of para-hydroxylation sites is 2. The maximum absolute atomic E-state index is 4.99. The number of benzene rings is 7. The van der Waals surface area contributed by atoms with E-state index in [4.69, 9.17) is 4.98 Å². The second kappa shape index (κ2) is 7.78. The highest BCUT2D eigenvalue weighted by molar-refractivity contribution is 6.25. The van der Waals surface area contributed by atoms with Crippen molar-refractivity contribution in [1.82, 2.24) is 9.55 Å². The SMILES string of the molecule is c1ccc(-c2nc3ccccc3n2-c2ccc(-c3ccc4ccc5cccc6ccc3c4c56)cc2)cc1. The number of nitrogens with zero attached hydrogens (tertiary/aromatic N) is 2. The van der Waals surface area contributed by atoms with Crippen LogP contribution in [0.25, 0.3) is 71.6 Å². The zero-order valence-corrected chi connectivity index (χ0v) is 20.1. The molecule has 0 radical (unpaired) electrons. The van der Waals surface area contributed by atoms with E-state index in [2.05, 4.69) is 126 Å². The van der Waals surface area contributed by atoms with Crippen molar-refractivity contribution >= 4 is 43.4 Å². The molecule has 8 rings (SSSR count). The molecule has 0 aliphatic heterocycles. The van der Waals surface area contributed by atoms with E-state index in [9.17, 15) is 0 Å². The van der Waals surface area contributed by atoms with Crippen LogP contribution in [-0.4, -0.2) is 9.55 Å². The van der Waals surface area contributed by atoms with Crippen molar-refractivity contribution in [1.29, 1.82) is 0 Å². The largest absolute Gasteiger partial charge is 0.292 e. The molecule has 0 spiro atoms. The fraction of sp³-hybridized carbons (Fsp3) is 0. The maximum Gasteiger partial charge on any atom is 0.145 e. The second-order valence-corrected chi connectivity index (χ2v) is 9.64. The third-order valence-corrected chi connectivity index (χ3v) is 7.56. The first kappa shape index (κ1) is 20.3. The summed E-state index contributed by atoms with van der Waals surface area (Å²) in [6.07, 6.45) is 0. The first-order chi connectivity index (χ1) is 18.3. The average Bonchev–Trinajstić information content (AvgIpc) is 3.36. The molecule has 0 amide bonds. The fourth-order valence-electron chi connectivity index (χ4n) is 5.85. The van der Waals surface area contributed by atoms with E-state index in [0.717, 1.165) is 28.1 Å². The zero-order valence-electron chi connectivity index (χ0n) is 20.1. The quantitative estimate of drug-likeness (QED) is 0.235. The number of imidazole rings is 1. The van der Waals surface area contributed by atoms with Crippen molar-refractivity contribution in [3.05, 3.63) is 133 Å². The van der Waals surface area contributed by atoms with Gasteiger partial charge in [0.15, 0.2) is 0 Å². The van der Waals surface area contributed by atoms with Gasteiger partial charge in [-0.05, 0) is 67.7 Å². The highest BCUT2D eigenvalue weighted by atomic mass is 15.1. The first-order valence-electron chi connectivity index (χ1n) is 12.7. The van der Waals surface area contributed by atoms with Crippen molar-refractivity contribution in [2.45, 2.75) is 0 Å². The summed E-state index contributed by atoms with van der Waals surface area (Å²) in [7, 11) is 0. The zero-order chi connectivity index (χ0) is 24.3. The van der Waals surface area contributed by atoms with Gasteiger partial charge in [0.2, 0.25) is 0 Å². The highest BCUT2D eigenvalue weighted by Crippen LogP contribution is 2.39. The summed E-state index contributed by atoms with van der Waals surface area (Å²) in [6.45, 7) is 0. The van der Waals surface area contributed by atoms with Gasteiger partial charge in [-0.25, -0.2) is 4.98 Å². The number of aromatic nitrogens is 2. The average molecular weight is 471 g/mol. The molecule has 7 aromatic carbocycles. The van der Waals surface area contributed by atoms with E-state index in [0.29, 0.717) is 0 Å². The van der Waals surface area contributed by atoms with Crippen LogP contribution in [-0.2, 0) is 0 Å². The summed E-state index contributed by atoms with van der Waals surface area (Å²) in [5.41, 5.74) is 6.79. The molecule has 1 heterocycles. The highest BCUT2D eigenvalue weighted by Gasteiger charge is 2.15. The van der Waals surface area contributed by atoms with Crippen LogP contribution in [0.2, 0.25) is 0 Å². The Kier molecular flexibility index (Phi) is 4.26. The predicted molar refractivity (Wildman–Crippen MR) is 156 cm³/mol. The van der Waals surface area contributed by atoms with Crippen molar-refractivity contribution in [2.75, 3.05) is 0 Å². The van der Waals surface area contributed by atoms with E-state index in [1.165, 1.54) is 43.4 Å². The molecule has 0 bridgehead atoms. The smallest absolute Gasteiger partial charge is 0.145 e. The van der Waals surface area contributed by atoms with Gasteiger partial charge in [0, 0.05) is 11.3 Å². The number of rotatable bonds is 3. The van der Waals surface area contributed by atoms with Crippen LogP contribution in [0, 0.1) is 0 Å². The molecule has 0 aliphatic rings. The molecule has 8 aromatic rings. The maximum atomic E-state index is 4.99. The van der Waals surface area contributed by atoms with Crippen LogP contribution < -0.4 is 0 Å².